The number of amides is 1. The van der Waals surface area contributed by atoms with Gasteiger partial charge in [-0.3, -0.25) is 4.79 Å². The molecule has 1 aliphatic carbocycles. The fraction of sp³-hybridized carbons (Fsp3) is 0.500. The molecule has 1 aromatic rings. The quantitative estimate of drug-likeness (QED) is 0.893. The van der Waals surface area contributed by atoms with Crippen LogP contribution in [0.3, 0.4) is 0 Å². The van der Waals surface area contributed by atoms with Crippen molar-refractivity contribution in [2.75, 3.05) is 5.32 Å². The average Bonchev–Trinajstić information content (AvgIpc) is 2.82. The topological polar surface area (TPSA) is 64.4 Å². The summed E-state index contributed by atoms with van der Waals surface area (Å²) in [4.78, 5) is 11.5. The number of carbonyl (C=O) groups is 1. The molecule has 106 valence electrons. The first-order valence-electron chi connectivity index (χ1n) is 6.48. The Morgan fingerprint density at radius 1 is 1.42 bits per heavy atom. The van der Waals surface area contributed by atoms with Crippen LogP contribution < -0.4 is 15.8 Å². The molecule has 0 radical (unpaired) electrons. The molecule has 3 N–H and O–H groups in total. The van der Waals surface area contributed by atoms with Gasteiger partial charge in [0, 0.05) is 11.8 Å². The van der Waals surface area contributed by atoms with Crippen LogP contribution in [0.25, 0.3) is 0 Å². The zero-order chi connectivity index (χ0) is 13.0. The minimum atomic E-state index is -0.510. The molecular formula is C14H21ClN2O2. The molecule has 2 rings (SSSR count). The lowest BCUT2D eigenvalue weighted by atomic mass is 10.2. The summed E-state index contributed by atoms with van der Waals surface area (Å²) < 4.78 is 5.88. The van der Waals surface area contributed by atoms with E-state index in [1.54, 1.807) is 6.92 Å². The Hall–Kier alpha value is -1.26. The molecule has 5 heteroatoms. The second kappa shape index (κ2) is 7.36. The van der Waals surface area contributed by atoms with Gasteiger partial charge in [0.25, 0.3) is 0 Å². The third-order valence-electron chi connectivity index (χ3n) is 3.12. The number of rotatable bonds is 4. The van der Waals surface area contributed by atoms with Crippen molar-refractivity contribution in [1.29, 1.82) is 0 Å². The van der Waals surface area contributed by atoms with E-state index in [-0.39, 0.29) is 18.3 Å². The third-order valence-corrected chi connectivity index (χ3v) is 3.12. The second-order valence-corrected chi connectivity index (χ2v) is 4.83. The summed E-state index contributed by atoms with van der Waals surface area (Å²) in [5, 5.41) is 2.76. The number of hydrogen-bond acceptors (Lipinski definition) is 3. The highest BCUT2D eigenvalue weighted by Gasteiger charge is 2.16. The van der Waals surface area contributed by atoms with Gasteiger partial charge in [-0.1, -0.05) is 6.07 Å². The number of hydrogen-bond donors (Lipinski definition) is 2. The average molecular weight is 285 g/mol. The van der Waals surface area contributed by atoms with Gasteiger partial charge in [0.2, 0.25) is 5.91 Å². The molecule has 1 aliphatic rings. The summed E-state index contributed by atoms with van der Waals surface area (Å²) in [5.74, 6) is 0.623. The SMILES string of the molecule is C[C@@H](N)C(=O)Nc1cccc(OC2CCCC2)c1.Cl. The van der Waals surface area contributed by atoms with E-state index in [9.17, 15) is 4.79 Å². The van der Waals surface area contributed by atoms with E-state index in [0.29, 0.717) is 6.10 Å². The van der Waals surface area contributed by atoms with Gasteiger partial charge in [0.15, 0.2) is 0 Å². The molecule has 1 atom stereocenters. The zero-order valence-electron chi connectivity index (χ0n) is 11.1. The lowest BCUT2D eigenvalue weighted by Gasteiger charge is -2.14. The molecule has 1 fully saturated rings. The van der Waals surface area contributed by atoms with Gasteiger partial charge in [0.1, 0.15) is 5.75 Å². The lowest BCUT2D eigenvalue weighted by Crippen LogP contribution is -2.32. The Kier molecular flexibility index (Phi) is 6.12. The number of halogens is 1. The maximum Gasteiger partial charge on any atom is 0.241 e. The van der Waals surface area contributed by atoms with Crippen molar-refractivity contribution in [1.82, 2.24) is 0 Å². The Labute approximate surface area is 120 Å². The Balaban J connectivity index is 0.00000180. The van der Waals surface area contributed by atoms with Crippen molar-refractivity contribution in [3.63, 3.8) is 0 Å². The van der Waals surface area contributed by atoms with Crippen molar-refractivity contribution in [3.8, 4) is 5.75 Å². The van der Waals surface area contributed by atoms with Crippen LogP contribution in [0.1, 0.15) is 32.6 Å². The largest absolute Gasteiger partial charge is 0.490 e. The van der Waals surface area contributed by atoms with Crippen LogP contribution in [0, 0.1) is 0 Å². The van der Waals surface area contributed by atoms with Crippen LogP contribution in [0.4, 0.5) is 5.69 Å². The van der Waals surface area contributed by atoms with Gasteiger partial charge in [-0.25, -0.2) is 0 Å². The van der Waals surface area contributed by atoms with Crippen molar-refractivity contribution in [3.05, 3.63) is 24.3 Å². The molecule has 19 heavy (non-hydrogen) atoms. The van der Waals surface area contributed by atoms with E-state index in [1.807, 2.05) is 24.3 Å². The summed E-state index contributed by atoms with van der Waals surface area (Å²) in [7, 11) is 0. The molecule has 0 saturated heterocycles. The number of nitrogens with one attached hydrogen (secondary N) is 1. The van der Waals surface area contributed by atoms with Crippen molar-refractivity contribution in [2.24, 2.45) is 5.73 Å². The predicted molar refractivity (Wildman–Crippen MR) is 78.9 cm³/mol. The Bertz CT molecular complexity index is 418. The van der Waals surface area contributed by atoms with Crippen LogP contribution in [-0.4, -0.2) is 18.1 Å². The van der Waals surface area contributed by atoms with Crippen LogP contribution in [0.5, 0.6) is 5.75 Å². The summed E-state index contributed by atoms with van der Waals surface area (Å²) in [6.07, 6.45) is 5.05. The predicted octanol–water partition coefficient (Wildman–Crippen LogP) is 2.72. The molecule has 0 aliphatic heterocycles. The smallest absolute Gasteiger partial charge is 0.241 e. The highest BCUT2D eigenvalue weighted by Crippen LogP contribution is 2.25. The lowest BCUT2D eigenvalue weighted by molar-refractivity contribution is -0.117. The van der Waals surface area contributed by atoms with Gasteiger partial charge in [-0.05, 0) is 44.7 Å². The first-order chi connectivity index (χ1) is 8.65. The van der Waals surface area contributed by atoms with E-state index in [4.69, 9.17) is 10.5 Å². The van der Waals surface area contributed by atoms with Gasteiger partial charge in [-0.2, -0.15) is 0 Å². The molecule has 0 heterocycles. The number of anilines is 1. The standard InChI is InChI=1S/C14H20N2O2.ClH/c1-10(15)14(17)16-11-5-4-8-13(9-11)18-12-6-2-3-7-12;/h4-5,8-10,12H,2-3,6-7,15H2,1H3,(H,16,17);1H/t10-;/m1./s1. The van der Waals surface area contributed by atoms with E-state index >= 15 is 0 Å². The first kappa shape index (κ1) is 15.8. The minimum absolute atomic E-state index is 0. The van der Waals surface area contributed by atoms with E-state index < -0.39 is 6.04 Å². The maximum atomic E-state index is 11.5. The molecule has 4 nitrogen and oxygen atoms in total. The molecule has 0 spiro atoms. The van der Waals surface area contributed by atoms with E-state index in [1.165, 1.54) is 12.8 Å². The van der Waals surface area contributed by atoms with Crippen LogP contribution >= 0.6 is 12.4 Å². The second-order valence-electron chi connectivity index (χ2n) is 4.83. The molecule has 0 aromatic heterocycles. The van der Waals surface area contributed by atoms with Gasteiger partial charge < -0.3 is 15.8 Å². The molecule has 0 unspecified atom stereocenters. The highest BCUT2D eigenvalue weighted by atomic mass is 35.5. The third kappa shape index (κ3) is 4.73. The fourth-order valence-corrected chi connectivity index (χ4v) is 2.10. The zero-order valence-corrected chi connectivity index (χ0v) is 11.9. The van der Waals surface area contributed by atoms with Crippen molar-refractivity contribution >= 4 is 24.0 Å². The maximum absolute atomic E-state index is 11.5. The van der Waals surface area contributed by atoms with Gasteiger partial charge in [0.05, 0.1) is 12.1 Å². The minimum Gasteiger partial charge on any atom is -0.490 e. The van der Waals surface area contributed by atoms with Crippen molar-refractivity contribution < 1.29 is 9.53 Å². The fourth-order valence-electron chi connectivity index (χ4n) is 2.10. The first-order valence-corrected chi connectivity index (χ1v) is 6.48. The highest BCUT2D eigenvalue weighted by molar-refractivity contribution is 5.94. The number of benzene rings is 1. The van der Waals surface area contributed by atoms with Crippen LogP contribution in [0.15, 0.2) is 24.3 Å². The number of ether oxygens (including phenoxy) is 1. The molecule has 0 bridgehead atoms. The molecule has 1 amide bonds. The molecular weight excluding hydrogens is 264 g/mol. The Morgan fingerprint density at radius 2 is 2.11 bits per heavy atom. The van der Waals surface area contributed by atoms with Gasteiger partial charge >= 0.3 is 0 Å². The Morgan fingerprint density at radius 3 is 2.74 bits per heavy atom. The van der Waals surface area contributed by atoms with E-state index in [2.05, 4.69) is 5.32 Å². The van der Waals surface area contributed by atoms with Crippen LogP contribution in [0.2, 0.25) is 0 Å². The summed E-state index contributed by atoms with van der Waals surface area (Å²) >= 11 is 0. The van der Waals surface area contributed by atoms with Gasteiger partial charge in [-0.15, -0.1) is 12.4 Å². The van der Waals surface area contributed by atoms with Crippen LogP contribution in [-0.2, 0) is 4.79 Å². The molecule has 1 saturated carbocycles. The summed E-state index contributed by atoms with van der Waals surface area (Å²) in [6, 6.07) is 6.96. The summed E-state index contributed by atoms with van der Waals surface area (Å²) in [5.41, 5.74) is 6.24. The number of nitrogens with two attached hydrogens (primary N) is 1. The molecule has 1 aromatic carbocycles. The monoisotopic (exact) mass is 284 g/mol. The van der Waals surface area contributed by atoms with E-state index in [0.717, 1.165) is 24.3 Å². The summed E-state index contributed by atoms with van der Waals surface area (Å²) in [6.45, 7) is 1.66. The normalized spacial score (nSPS) is 16.5. The number of carbonyl (C=O) groups excluding carboxylic acids is 1. The van der Waals surface area contributed by atoms with Crippen molar-refractivity contribution in [2.45, 2.75) is 44.8 Å².